The van der Waals surface area contributed by atoms with E-state index in [-0.39, 0.29) is 36.5 Å². The number of cyclic esters (lactones) is 2. The largest absolute Gasteiger partial charge is 0.501 e. The Morgan fingerprint density at radius 1 is 0.909 bits per heavy atom. The molecule has 0 atom stereocenters. The second kappa shape index (κ2) is 11.4. The monoisotopic (exact) mass is 458 g/mol. The molecular formula is C23H22O10. The van der Waals surface area contributed by atoms with Gasteiger partial charge in [0.15, 0.2) is 0 Å². The van der Waals surface area contributed by atoms with Crippen molar-refractivity contribution in [2.45, 2.75) is 6.92 Å². The summed E-state index contributed by atoms with van der Waals surface area (Å²) in [6.45, 7) is 7.13. The van der Waals surface area contributed by atoms with Crippen LogP contribution in [-0.4, -0.2) is 56.3 Å². The molecule has 10 nitrogen and oxygen atoms in total. The van der Waals surface area contributed by atoms with Crippen molar-refractivity contribution in [3.05, 3.63) is 72.5 Å². The Morgan fingerprint density at radius 2 is 1.48 bits per heavy atom. The number of carbonyl (C=O) groups is 5. The van der Waals surface area contributed by atoms with Gasteiger partial charge < -0.3 is 23.7 Å². The number of fused-ring (bicyclic) bond motifs is 1. The van der Waals surface area contributed by atoms with Gasteiger partial charge in [-0.2, -0.15) is 0 Å². The molecule has 1 aliphatic rings. The number of hydrogen-bond acceptors (Lipinski definition) is 10. The molecule has 10 heteroatoms. The molecule has 0 saturated heterocycles. The average molecular weight is 458 g/mol. The smallest absolute Gasteiger partial charge is 0.346 e. The van der Waals surface area contributed by atoms with Crippen LogP contribution in [0.3, 0.4) is 0 Å². The summed E-state index contributed by atoms with van der Waals surface area (Å²) in [5.41, 5.74) is -1.32. The maximum atomic E-state index is 12.6. The van der Waals surface area contributed by atoms with Crippen LogP contribution >= 0.6 is 0 Å². The van der Waals surface area contributed by atoms with Gasteiger partial charge in [-0.15, -0.1) is 0 Å². The van der Waals surface area contributed by atoms with E-state index in [0.717, 1.165) is 12.2 Å². The molecule has 0 radical (unpaired) electrons. The van der Waals surface area contributed by atoms with E-state index >= 15 is 0 Å². The first-order valence-electron chi connectivity index (χ1n) is 9.64. The minimum Gasteiger partial charge on any atom is -0.501 e. The van der Waals surface area contributed by atoms with Gasteiger partial charge >= 0.3 is 29.8 Å². The van der Waals surface area contributed by atoms with Gasteiger partial charge in [0.2, 0.25) is 0 Å². The Balaban J connectivity index is 2.23. The fourth-order valence-electron chi connectivity index (χ4n) is 2.65. The van der Waals surface area contributed by atoms with Crippen LogP contribution in [0.4, 0.5) is 0 Å². The molecule has 0 saturated carbocycles. The first-order valence-corrected chi connectivity index (χ1v) is 9.64. The lowest BCUT2D eigenvalue weighted by molar-refractivity contribution is -0.153. The second-order valence-corrected chi connectivity index (χ2v) is 6.92. The molecular weight excluding hydrogens is 436 g/mol. The van der Waals surface area contributed by atoms with E-state index in [1.165, 1.54) is 24.5 Å². The van der Waals surface area contributed by atoms with Gasteiger partial charge in [-0.05, 0) is 25.1 Å². The quantitative estimate of drug-likeness (QED) is 0.151. The fourth-order valence-corrected chi connectivity index (χ4v) is 2.65. The molecule has 0 aliphatic carbocycles. The molecule has 0 aromatic heterocycles. The predicted molar refractivity (Wildman–Crippen MR) is 112 cm³/mol. The SMILES string of the molecule is C=CC(=O)OCC(COC=CC)(COC(=O)C=C)COC(=O)c1ccc2c(c1)C(=O)OC2=O. The van der Waals surface area contributed by atoms with Gasteiger partial charge in [0.05, 0.1) is 23.0 Å². The zero-order chi connectivity index (χ0) is 24.4. The van der Waals surface area contributed by atoms with Crippen molar-refractivity contribution < 1.29 is 47.7 Å². The van der Waals surface area contributed by atoms with E-state index in [1.807, 2.05) is 0 Å². The number of ether oxygens (including phenoxy) is 5. The van der Waals surface area contributed by atoms with Crippen LogP contribution in [0.25, 0.3) is 0 Å². The van der Waals surface area contributed by atoms with Crippen molar-refractivity contribution in [3.8, 4) is 0 Å². The summed E-state index contributed by atoms with van der Waals surface area (Å²) in [6.07, 6.45) is 4.87. The Bertz CT molecular complexity index is 980. The molecule has 1 heterocycles. The van der Waals surface area contributed by atoms with Gasteiger partial charge in [0.1, 0.15) is 31.8 Å². The average Bonchev–Trinajstić information content (AvgIpc) is 3.11. The van der Waals surface area contributed by atoms with E-state index in [0.29, 0.717) is 0 Å². The molecule has 0 spiro atoms. The Kier molecular flexibility index (Phi) is 8.67. The lowest BCUT2D eigenvalue weighted by Crippen LogP contribution is -2.43. The van der Waals surface area contributed by atoms with Crippen molar-refractivity contribution in [1.82, 2.24) is 0 Å². The molecule has 0 fully saturated rings. The number of benzene rings is 1. The molecule has 2 rings (SSSR count). The van der Waals surface area contributed by atoms with Crippen LogP contribution in [0.15, 0.2) is 55.8 Å². The van der Waals surface area contributed by atoms with Crippen LogP contribution in [0, 0.1) is 5.41 Å². The van der Waals surface area contributed by atoms with Crippen LogP contribution in [0.2, 0.25) is 0 Å². The van der Waals surface area contributed by atoms with Crippen molar-refractivity contribution in [2.75, 3.05) is 26.4 Å². The Morgan fingerprint density at radius 3 is 2.06 bits per heavy atom. The van der Waals surface area contributed by atoms with Crippen LogP contribution in [0.1, 0.15) is 38.0 Å². The van der Waals surface area contributed by atoms with E-state index in [9.17, 15) is 24.0 Å². The van der Waals surface area contributed by atoms with E-state index in [1.54, 1.807) is 13.0 Å². The van der Waals surface area contributed by atoms with Crippen molar-refractivity contribution in [3.63, 3.8) is 0 Å². The summed E-state index contributed by atoms with van der Waals surface area (Å²) >= 11 is 0. The van der Waals surface area contributed by atoms with Crippen molar-refractivity contribution >= 4 is 29.8 Å². The first kappa shape index (κ1) is 25.1. The lowest BCUT2D eigenvalue weighted by atomic mass is 9.92. The van der Waals surface area contributed by atoms with E-state index < -0.39 is 41.9 Å². The third-order valence-electron chi connectivity index (χ3n) is 4.39. The summed E-state index contributed by atoms with van der Waals surface area (Å²) in [7, 11) is 0. The number of allylic oxidation sites excluding steroid dienone is 1. The van der Waals surface area contributed by atoms with Gasteiger partial charge in [-0.3, -0.25) is 0 Å². The topological polar surface area (TPSA) is 132 Å². The van der Waals surface area contributed by atoms with Gasteiger partial charge in [0.25, 0.3) is 0 Å². The Hall–Kier alpha value is -4.21. The summed E-state index contributed by atoms with van der Waals surface area (Å²) in [4.78, 5) is 59.2. The predicted octanol–water partition coefficient (Wildman–Crippen LogP) is 2.15. The van der Waals surface area contributed by atoms with E-state index in [4.69, 9.17) is 18.9 Å². The molecule has 1 aromatic carbocycles. The lowest BCUT2D eigenvalue weighted by Gasteiger charge is -2.31. The molecule has 0 bridgehead atoms. The standard InChI is InChI=1S/C23H22O10/c1-4-9-29-11-23(12-30-18(24)5-2,13-31-19(25)6-3)14-32-20(26)15-7-8-16-17(10-15)22(28)33-21(16)27/h4-10H,2-3,11-14H2,1H3. The van der Waals surface area contributed by atoms with Crippen molar-refractivity contribution in [2.24, 2.45) is 5.41 Å². The number of esters is 5. The number of carbonyl (C=O) groups excluding carboxylic acids is 5. The highest BCUT2D eigenvalue weighted by molar-refractivity contribution is 6.15. The van der Waals surface area contributed by atoms with Gasteiger partial charge in [-0.25, -0.2) is 24.0 Å². The summed E-state index contributed by atoms with van der Waals surface area (Å²) in [5, 5.41) is 0. The maximum Gasteiger partial charge on any atom is 0.346 e. The third-order valence-corrected chi connectivity index (χ3v) is 4.39. The summed E-state index contributed by atoms with van der Waals surface area (Å²) < 4.78 is 25.5. The zero-order valence-electron chi connectivity index (χ0n) is 17.9. The highest BCUT2D eigenvalue weighted by Crippen LogP contribution is 2.24. The molecule has 0 unspecified atom stereocenters. The molecule has 1 aromatic rings. The summed E-state index contributed by atoms with van der Waals surface area (Å²) in [6, 6.07) is 3.76. The third kappa shape index (κ3) is 6.63. The summed E-state index contributed by atoms with van der Waals surface area (Å²) in [5.74, 6) is -4.00. The second-order valence-electron chi connectivity index (χ2n) is 6.92. The number of rotatable bonds is 12. The highest BCUT2D eigenvalue weighted by Gasteiger charge is 2.37. The van der Waals surface area contributed by atoms with Crippen molar-refractivity contribution in [1.29, 1.82) is 0 Å². The molecule has 1 aliphatic heterocycles. The normalized spacial score (nSPS) is 12.5. The molecule has 0 amide bonds. The molecule has 33 heavy (non-hydrogen) atoms. The van der Waals surface area contributed by atoms with E-state index in [2.05, 4.69) is 17.9 Å². The van der Waals surface area contributed by atoms with Crippen LogP contribution < -0.4 is 0 Å². The minimum atomic E-state index is -1.28. The number of hydrogen-bond donors (Lipinski definition) is 0. The Labute approximate surface area is 189 Å². The fraction of sp³-hybridized carbons (Fsp3) is 0.261. The highest BCUT2D eigenvalue weighted by atomic mass is 16.6. The first-order chi connectivity index (χ1) is 15.7. The van der Waals surface area contributed by atoms with Crippen LogP contribution in [-0.2, 0) is 33.3 Å². The molecule has 174 valence electrons. The maximum absolute atomic E-state index is 12.6. The molecule has 0 N–H and O–H groups in total. The van der Waals surface area contributed by atoms with Crippen LogP contribution in [0.5, 0.6) is 0 Å². The van der Waals surface area contributed by atoms with Gasteiger partial charge in [-0.1, -0.05) is 19.2 Å². The zero-order valence-corrected chi connectivity index (χ0v) is 17.9. The van der Waals surface area contributed by atoms with Gasteiger partial charge in [0, 0.05) is 12.2 Å². The minimum absolute atomic E-state index is 0.0187.